The summed E-state index contributed by atoms with van der Waals surface area (Å²) >= 11 is 6.34. The minimum absolute atomic E-state index is 0.661. The predicted octanol–water partition coefficient (Wildman–Crippen LogP) is 8.11. The Morgan fingerprint density at radius 2 is 1.39 bits per heavy atom. The van der Waals surface area contributed by atoms with E-state index in [1.54, 1.807) is 0 Å². The van der Waals surface area contributed by atoms with Crippen LogP contribution in [0.5, 0.6) is 0 Å². The molecule has 0 saturated carbocycles. The predicted molar refractivity (Wildman–Crippen MR) is 135 cm³/mol. The lowest BCUT2D eigenvalue weighted by atomic mass is 10.1. The highest BCUT2D eigenvalue weighted by Crippen LogP contribution is 2.37. The lowest BCUT2D eigenvalue weighted by Crippen LogP contribution is -1.94. The Kier molecular flexibility index (Phi) is 4.78. The Balaban J connectivity index is 1.58. The number of para-hydroxylation sites is 1. The normalized spacial score (nSPS) is 11.2. The fourth-order valence-electron chi connectivity index (χ4n) is 3.95. The van der Waals surface area contributed by atoms with E-state index in [1.165, 1.54) is 0 Å². The number of hydrogen-bond acceptors (Lipinski definition) is 4. The molecule has 0 saturated heterocycles. The van der Waals surface area contributed by atoms with Crippen LogP contribution in [0.2, 0.25) is 5.02 Å². The van der Waals surface area contributed by atoms with E-state index in [-0.39, 0.29) is 0 Å². The number of halogens is 1. The summed E-state index contributed by atoms with van der Waals surface area (Å²) < 4.78 is 6.28. The van der Waals surface area contributed by atoms with Gasteiger partial charge in [-0.1, -0.05) is 84.4 Å². The van der Waals surface area contributed by atoms with Crippen molar-refractivity contribution in [3.8, 4) is 22.6 Å². The van der Waals surface area contributed by atoms with Crippen LogP contribution in [0.4, 0.5) is 11.4 Å². The lowest BCUT2D eigenvalue weighted by Gasteiger charge is -2.08. The van der Waals surface area contributed by atoms with Gasteiger partial charge in [-0.2, -0.15) is 0 Å². The van der Waals surface area contributed by atoms with Crippen molar-refractivity contribution in [3.05, 3.63) is 108 Å². The molecule has 6 rings (SSSR count). The summed E-state index contributed by atoms with van der Waals surface area (Å²) in [5.74, 6) is 0.661. The van der Waals surface area contributed by atoms with Crippen LogP contribution in [0.15, 0.2) is 108 Å². The largest absolute Gasteiger partial charge is 0.452 e. The van der Waals surface area contributed by atoms with Gasteiger partial charge in [0.15, 0.2) is 11.4 Å². The van der Waals surface area contributed by atoms with Crippen molar-refractivity contribution in [2.45, 2.75) is 0 Å². The maximum Gasteiger partial charge on any atom is 0.180 e. The van der Waals surface area contributed by atoms with Crippen molar-refractivity contribution >= 4 is 45.0 Å². The van der Waals surface area contributed by atoms with E-state index in [9.17, 15) is 0 Å². The second-order valence-electron chi connectivity index (χ2n) is 7.72. The van der Waals surface area contributed by atoms with Crippen LogP contribution >= 0.6 is 11.6 Å². The summed E-state index contributed by atoms with van der Waals surface area (Å²) in [4.78, 5) is 9.83. The summed E-state index contributed by atoms with van der Waals surface area (Å²) in [5.41, 5.74) is 6.66. The number of hydrogen-bond donors (Lipinski definition) is 1. The minimum Gasteiger partial charge on any atom is -0.452 e. The van der Waals surface area contributed by atoms with E-state index in [2.05, 4.69) is 5.32 Å². The SMILES string of the molecule is Clc1ccccc1Nc1ccc2oc3c(-c4ccccc4)nc(-c4ccccc4)nc3c2c1. The maximum absolute atomic E-state index is 6.34. The second kappa shape index (κ2) is 8.08. The molecule has 4 nitrogen and oxygen atoms in total. The molecule has 0 spiro atoms. The van der Waals surface area contributed by atoms with Gasteiger partial charge in [0, 0.05) is 22.2 Å². The molecule has 1 N–H and O–H groups in total. The van der Waals surface area contributed by atoms with E-state index in [0.717, 1.165) is 44.7 Å². The average molecular weight is 448 g/mol. The summed E-state index contributed by atoms with van der Waals surface area (Å²) in [6, 6.07) is 33.7. The summed E-state index contributed by atoms with van der Waals surface area (Å²) in [6.45, 7) is 0. The molecule has 5 heteroatoms. The number of aromatic nitrogens is 2. The monoisotopic (exact) mass is 447 g/mol. The number of benzene rings is 4. The first-order chi connectivity index (χ1) is 16.3. The summed E-state index contributed by atoms with van der Waals surface area (Å²) in [5, 5.41) is 4.97. The third-order valence-corrected chi connectivity index (χ3v) is 5.87. The van der Waals surface area contributed by atoms with Crippen LogP contribution < -0.4 is 5.32 Å². The third kappa shape index (κ3) is 3.60. The molecule has 0 aliphatic rings. The minimum atomic E-state index is 0.661. The molecular weight excluding hydrogens is 430 g/mol. The zero-order chi connectivity index (χ0) is 22.2. The van der Waals surface area contributed by atoms with Gasteiger partial charge in [-0.25, -0.2) is 9.97 Å². The Morgan fingerprint density at radius 3 is 2.15 bits per heavy atom. The van der Waals surface area contributed by atoms with E-state index in [4.69, 9.17) is 26.0 Å². The third-order valence-electron chi connectivity index (χ3n) is 5.54. The second-order valence-corrected chi connectivity index (χ2v) is 8.13. The smallest absolute Gasteiger partial charge is 0.180 e. The topological polar surface area (TPSA) is 51.0 Å². The summed E-state index contributed by atoms with van der Waals surface area (Å²) in [7, 11) is 0. The number of rotatable bonds is 4. The molecule has 0 aliphatic carbocycles. The Hall–Kier alpha value is -4.15. The van der Waals surface area contributed by atoms with Gasteiger partial charge in [0.25, 0.3) is 0 Å². The standard InChI is InChI=1S/C28H18ClN3O/c29-22-13-7-8-14-23(22)30-20-15-16-24-21(17-20)26-27(33-24)25(18-9-3-1-4-10-18)31-28(32-26)19-11-5-2-6-12-19/h1-17,30H. The highest BCUT2D eigenvalue weighted by Gasteiger charge is 2.18. The molecule has 33 heavy (non-hydrogen) atoms. The molecule has 0 amide bonds. The van der Waals surface area contributed by atoms with Crippen LogP contribution in [0, 0.1) is 0 Å². The molecule has 6 aromatic rings. The van der Waals surface area contributed by atoms with Crippen molar-refractivity contribution in [1.29, 1.82) is 0 Å². The van der Waals surface area contributed by atoms with Gasteiger partial charge >= 0.3 is 0 Å². The summed E-state index contributed by atoms with van der Waals surface area (Å²) in [6.07, 6.45) is 0. The molecular formula is C28H18ClN3O. The van der Waals surface area contributed by atoms with Crippen LogP contribution in [0.1, 0.15) is 0 Å². The fraction of sp³-hybridized carbons (Fsp3) is 0. The zero-order valence-electron chi connectivity index (χ0n) is 17.5. The fourth-order valence-corrected chi connectivity index (χ4v) is 4.13. The molecule has 2 aromatic heterocycles. The van der Waals surface area contributed by atoms with Crippen LogP contribution in [-0.4, -0.2) is 9.97 Å². The van der Waals surface area contributed by atoms with Gasteiger partial charge in [0.1, 0.15) is 16.8 Å². The van der Waals surface area contributed by atoms with Gasteiger partial charge in [0.05, 0.1) is 10.7 Å². The molecule has 0 aliphatic heterocycles. The lowest BCUT2D eigenvalue weighted by molar-refractivity contribution is 0.667. The Labute approximate surface area is 195 Å². The van der Waals surface area contributed by atoms with E-state index in [0.29, 0.717) is 16.4 Å². The molecule has 4 aromatic carbocycles. The van der Waals surface area contributed by atoms with E-state index in [1.807, 2.05) is 103 Å². The van der Waals surface area contributed by atoms with Gasteiger partial charge in [-0.15, -0.1) is 0 Å². The number of furan rings is 1. The Morgan fingerprint density at radius 1 is 0.697 bits per heavy atom. The number of anilines is 2. The first-order valence-electron chi connectivity index (χ1n) is 10.6. The number of nitrogens with one attached hydrogen (secondary N) is 1. The maximum atomic E-state index is 6.34. The number of nitrogens with zero attached hydrogens (tertiary/aromatic N) is 2. The number of fused-ring (bicyclic) bond motifs is 3. The molecule has 0 unspecified atom stereocenters. The first-order valence-corrected chi connectivity index (χ1v) is 11.0. The zero-order valence-corrected chi connectivity index (χ0v) is 18.3. The Bertz CT molecular complexity index is 1590. The van der Waals surface area contributed by atoms with Gasteiger partial charge in [-0.05, 0) is 30.3 Å². The van der Waals surface area contributed by atoms with Crippen molar-refractivity contribution < 1.29 is 4.42 Å². The van der Waals surface area contributed by atoms with E-state index < -0.39 is 0 Å². The molecule has 0 atom stereocenters. The highest BCUT2D eigenvalue weighted by molar-refractivity contribution is 6.33. The quantitative estimate of drug-likeness (QED) is 0.296. The van der Waals surface area contributed by atoms with Crippen molar-refractivity contribution in [1.82, 2.24) is 9.97 Å². The van der Waals surface area contributed by atoms with Gasteiger partial charge in [0.2, 0.25) is 0 Å². The molecule has 0 bridgehead atoms. The molecule has 0 radical (unpaired) electrons. The van der Waals surface area contributed by atoms with Gasteiger partial charge < -0.3 is 9.73 Å². The van der Waals surface area contributed by atoms with Crippen LogP contribution in [0.25, 0.3) is 44.7 Å². The van der Waals surface area contributed by atoms with Crippen LogP contribution in [0.3, 0.4) is 0 Å². The molecule has 2 heterocycles. The van der Waals surface area contributed by atoms with Crippen molar-refractivity contribution in [2.24, 2.45) is 0 Å². The van der Waals surface area contributed by atoms with Crippen molar-refractivity contribution in [2.75, 3.05) is 5.32 Å². The van der Waals surface area contributed by atoms with Gasteiger partial charge in [-0.3, -0.25) is 0 Å². The molecule has 158 valence electrons. The first kappa shape index (κ1) is 19.5. The molecule has 0 fully saturated rings. The van der Waals surface area contributed by atoms with Crippen LogP contribution in [-0.2, 0) is 0 Å². The highest BCUT2D eigenvalue weighted by atomic mass is 35.5. The van der Waals surface area contributed by atoms with E-state index >= 15 is 0 Å². The average Bonchev–Trinajstić information content (AvgIpc) is 3.24. The van der Waals surface area contributed by atoms with Crippen molar-refractivity contribution in [3.63, 3.8) is 0 Å².